The number of nitriles is 1. The van der Waals surface area contributed by atoms with Crippen LogP contribution in [0, 0.1) is 11.3 Å². The van der Waals surface area contributed by atoms with E-state index in [1.54, 1.807) is 0 Å². The molecule has 0 aliphatic rings. The van der Waals surface area contributed by atoms with Gasteiger partial charge in [-0.3, -0.25) is 0 Å². The highest BCUT2D eigenvalue weighted by Gasteiger charge is 2.27. The number of nitrogens with zero attached hydrogens (tertiary/aromatic N) is 1. The van der Waals surface area contributed by atoms with E-state index in [-0.39, 0.29) is 10.8 Å². The van der Waals surface area contributed by atoms with Crippen LogP contribution < -0.4 is 0 Å². The largest absolute Gasteiger partial charge is 0.192 e. The third-order valence-electron chi connectivity index (χ3n) is 2.74. The molecule has 0 amide bonds. The molecule has 16 heavy (non-hydrogen) atoms. The zero-order valence-electron chi connectivity index (χ0n) is 11.2. The van der Waals surface area contributed by atoms with E-state index in [0.717, 1.165) is 5.56 Å². The summed E-state index contributed by atoms with van der Waals surface area (Å²) >= 11 is 0. The van der Waals surface area contributed by atoms with Gasteiger partial charge in [0.25, 0.3) is 0 Å². The van der Waals surface area contributed by atoms with Crippen LogP contribution >= 0.6 is 0 Å². The Morgan fingerprint density at radius 2 is 1.50 bits per heavy atom. The molecule has 0 heterocycles. The third-order valence-corrected chi connectivity index (χ3v) is 2.74. The van der Waals surface area contributed by atoms with Gasteiger partial charge in [0.15, 0.2) is 0 Å². The molecule has 86 valence electrons. The summed E-state index contributed by atoms with van der Waals surface area (Å²) in [6.45, 7) is 13.1. The van der Waals surface area contributed by atoms with Gasteiger partial charge in [0.05, 0.1) is 11.6 Å². The molecule has 0 saturated heterocycles. The molecule has 0 radical (unpaired) electrons. The number of benzene rings is 1. The van der Waals surface area contributed by atoms with Crippen molar-refractivity contribution in [2.45, 2.75) is 52.4 Å². The molecule has 1 aromatic rings. The Morgan fingerprint density at radius 1 is 0.938 bits per heavy atom. The summed E-state index contributed by atoms with van der Waals surface area (Å²) in [5, 5.41) is 9.22. The summed E-state index contributed by atoms with van der Waals surface area (Å²) in [6.07, 6.45) is 0. The molecule has 0 aliphatic heterocycles. The second-order valence-corrected chi connectivity index (χ2v) is 6.34. The number of rotatable bonds is 0. The van der Waals surface area contributed by atoms with Crippen LogP contribution in [0.3, 0.4) is 0 Å². The molecule has 0 spiro atoms. The van der Waals surface area contributed by atoms with Crippen molar-refractivity contribution >= 4 is 0 Å². The molecule has 0 fully saturated rings. The minimum atomic E-state index is 0.00887. The summed E-state index contributed by atoms with van der Waals surface area (Å²) in [5.41, 5.74) is 3.36. The van der Waals surface area contributed by atoms with E-state index in [2.05, 4.69) is 53.7 Å². The minimum Gasteiger partial charge on any atom is -0.192 e. The second kappa shape index (κ2) is 3.94. The molecule has 0 aromatic heterocycles. The second-order valence-electron chi connectivity index (χ2n) is 6.34. The van der Waals surface area contributed by atoms with Crippen molar-refractivity contribution in [3.63, 3.8) is 0 Å². The Balaban J connectivity index is 3.59. The fourth-order valence-electron chi connectivity index (χ4n) is 2.08. The van der Waals surface area contributed by atoms with E-state index in [1.165, 1.54) is 11.1 Å². The van der Waals surface area contributed by atoms with Crippen LogP contribution in [0.4, 0.5) is 0 Å². The van der Waals surface area contributed by atoms with Crippen LogP contribution in [0.1, 0.15) is 58.2 Å². The van der Waals surface area contributed by atoms with Crippen molar-refractivity contribution < 1.29 is 0 Å². The molecule has 0 unspecified atom stereocenters. The zero-order chi connectivity index (χ0) is 12.6. The first kappa shape index (κ1) is 12.8. The van der Waals surface area contributed by atoms with Crippen molar-refractivity contribution in [3.8, 4) is 6.07 Å². The molecule has 0 saturated carbocycles. The lowest BCUT2D eigenvalue weighted by Gasteiger charge is -2.30. The number of hydrogen-bond acceptors (Lipinski definition) is 1. The Hall–Kier alpha value is -1.29. The molecule has 1 heteroatoms. The summed E-state index contributed by atoms with van der Waals surface area (Å²) in [6, 6.07) is 8.35. The smallest absolute Gasteiger partial charge is 0.0994 e. The standard InChI is InChI=1S/C15H21N/c1-14(2,3)12-9-7-8-11(10-16)13(12)15(4,5)6/h7-9H,1-6H3. The van der Waals surface area contributed by atoms with E-state index >= 15 is 0 Å². The highest BCUT2D eigenvalue weighted by Crippen LogP contribution is 2.35. The molecule has 1 rings (SSSR count). The van der Waals surface area contributed by atoms with Crippen LogP contribution in [0.25, 0.3) is 0 Å². The summed E-state index contributed by atoms with van der Waals surface area (Å²) in [7, 11) is 0. The number of hydrogen-bond donors (Lipinski definition) is 0. The van der Waals surface area contributed by atoms with Crippen molar-refractivity contribution in [1.82, 2.24) is 0 Å². The van der Waals surface area contributed by atoms with Gasteiger partial charge < -0.3 is 0 Å². The van der Waals surface area contributed by atoms with Crippen molar-refractivity contribution in [2.24, 2.45) is 0 Å². The maximum atomic E-state index is 9.22. The van der Waals surface area contributed by atoms with Crippen LogP contribution in [-0.2, 0) is 10.8 Å². The van der Waals surface area contributed by atoms with E-state index in [4.69, 9.17) is 0 Å². The van der Waals surface area contributed by atoms with Gasteiger partial charge in [0.2, 0.25) is 0 Å². The van der Waals surface area contributed by atoms with Gasteiger partial charge >= 0.3 is 0 Å². The highest BCUT2D eigenvalue weighted by molar-refractivity contribution is 5.49. The Bertz CT molecular complexity index is 422. The predicted octanol–water partition coefficient (Wildman–Crippen LogP) is 4.15. The molecule has 0 aliphatic carbocycles. The van der Waals surface area contributed by atoms with E-state index in [1.807, 2.05) is 12.1 Å². The van der Waals surface area contributed by atoms with E-state index in [9.17, 15) is 5.26 Å². The van der Waals surface area contributed by atoms with Gasteiger partial charge in [-0.1, -0.05) is 53.7 Å². The molecular formula is C15H21N. The van der Waals surface area contributed by atoms with Crippen LogP contribution in [0.15, 0.2) is 18.2 Å². The Morgan fingerprint density at radius 3 is 1.88 bits per heavy atom. The highest BCUT2D eigenvalue weighted by atomic mass is 14.3. The van der Waals surface area contributed by atoms with Gasteiger partial charge in [0.1, 0.15) is 0 Å². The van der Waals surface area contributed by atoms with Crippen LogP contribution in [0.2, 0.25) is 0 Å². The molecule has 0 atom stereocenters. The first-order valence-electron chi connectivity index (χ1n) is 5.72. The fourth-order valence-corrected chi connectivity index (χ4v) is 2.08. The topological polar surface area (TPSA) is 23.8 Å². The van der Waals surface area contributed by atoms with Gasteiger partial charge in [-0.25, -0.2) is 0 Å². The van der Waals surface area contributed by atoms with Crippen LogP contribution in [-0.4, -0.2) is 0 Å². The molecular weight excluding hydrogens is 194 g/mol. The first-order valence-corrected chi connectivity index (χ1v) is 5.72. The van der Waals surface area contributed by atoms with Gasteiger partial charge in [-0.05, 0) is 28.0 Å². The molecule has 0 N–H and O–H groups in total. The fraction of sp³-hybridized carbons (Fsp3) is 0.533. The summed E-state index contributed by atoms with van der Waals surface area (Å²) < 4.78 is 0. The first-order chi connectivity index (χ1) is 7.18. The monoisotopic (exact) mass is 215 g/mol. The predicted molar refractivity (Wildman–Crippen MR) is 68.6 cm³/mol. The quantitative estimate of drug-likeness (QED) is 0.637. The van der Waals surface area contributed by atoms with Crippen molar-refractivity contribution in [2.75, 3.05) is 0 Å². The maximum absolute atomic E-state index is 9.22. The van der Waals surface area contributed by atoms with Gasteiger partial charge in [-0.15, -0.1) is 0 Å². The van der Waals surface area contributed by atoms with Crippen molar-refractivity contribution in [1.29, 1.82) is 5.26 Å². The lowest BCUT2D eigenvalue weighted by molar-refractivity contribution is 0.529. The van der Waals surface area contributed by atoms with Gasteiger partial charge in [-0.2, -0.15) is 5.26 Å². The van der Waals surface area contributed by atoms with Crippen molar-refractivity contribution in [3.05, 3.63) is 34.9 Å². The lowest BCUT2D eigenvalue weighted by Crippen LogP contribution is -2.23. The maximum Gasteiger partial charge on any atom is 0.0994 e. The summed E-state index contributed by atoms with van der Waals surface area (Å²) in [4.78, 5) is 0. The molecule has 1 nitrogen and oxygen atoms in total. The lowest BCUT2D eigenvalue weighted by atomic mass is 9.73. The average Bonchev–Trinajstić information content (AvgIpc) is 2.13. The third kappa shape index (κ3) is 2.44. The minimum absolute atomic E-state index is 0.00887. The van der Waals surface area contributed by atoms with Gasteiger partial charge in [0, 0.05) is 0 Å². The molecule has 1 aromatic carbocycles. The SMILES string of the molecule is CC(C)(C)c1cccc(C#N)c1C(C)(C)C. The van der Waals surface area contributed by atoms with Crippen LogP contribution in [0.5, 0.6) is 0 Å². The average molecular weight is 215 g/mol. The summed E-state index contributed by atoms with van der Waals surface area (Å²) in [5.74, 6) is 0. The normalized spacial score (nSPS) is 12.3. The van der Waals surface area contributed by atoms with E-state index in [0.29, 0.717) is 0 Å². The Kier molecular flexibility index (Phi) is 3.15. The Labute approximate surface area is 99.1 Å². The molecule has 0 bridgehead atoms. The zero-order valence-corrected chi connectivity index (χ0v) is 11.2. The van der Waals surface area contributed by atoms with E-state index < -0.39 is 0 Å².